The average Bonchev–Trinajstić information content (AvgIpc) is 2.19. The van der Waals surface area contributed by atoms with E-state index in [1.54, 1.807) is 31.4 Å². The Labute approximate surface area is 87.6 Å². The number of methoxy groups -OCH3 is 1. The van der Waals surface area contributed by atoms with Gasteiger partial charge in [0.05, 0.1) is 6.61 Å². The van der Waals surface area contributed by atoms with E-state index < -0.39 is 5.24 Å². The molecule has 0 unspecified atom stereocenters. The van der Waals surface area contributed by atoms with Gasteiger partial charge < -0.3 is 9.47 Å². The van der Waals surface area contributed by atoms with Crippen molar-refractivity contribution in [1.29, 1.82) is 0 Å². The van der Waals surface area contributed by atoms with Crippen molar-refractivity contribution in [3.05, 3.63) is 29.8 Å². The van der Waals surface area contributed by atoms with Crippen molar-refractivity contribution in [3.8, 4) is 5.75 Å². The van der Waals surface area contributed by atoms with Gasteiger partial charge in [-0.25, -0.2) is 0 Å². The molecule has 0 aliphatic rings. The molecule has 0 aromatic heterocycles. The molecule has 0 heterocycles. The fourth-order valence-corrected chi connectivity index (χ4v) is 1.05. The summed E-state index contributed by atoms with van der Waals surface area (Å²) in [4.78, 5) is 10.7. The lowest BCUT2D eigenvalue weighted by molar-refractivity contribution is 0.108. The minimum atomic E-state index is -0.464. The first-order valence-electron chi connectivity index (χ1n) is 4.15. The Morgan fingerprint density at radius 1 is 1.29 bits per heavy atom. The van der Waals surface area contributed by atoms with Gasteiger partial charge in [-0.15, -0.1) is 0 Å². The third-order valence-electron chi connectivity index (χ3n) is 1.64. The van der Waals surface area contributed by atoms with Crippen LogP contribution in [-0.4, -0.2) is 25.6 Å². The van der Waals surface area contributed by atoms with Crippen LogP contribution in [0.2, 0.25) is 0 Å². The van der Waals surface area contributed by atoms with Crippen molar-refractivity contribution in [2.75, 3.05) is 20.3 Å². The second kappa shape index (κ2) is 5.62. The maximum absolute atomic E-state index is 10.7. The van der Waals surface area contributed by atoms with E-state index in [-0.39, 0.29) is 0 Å². The summed E-state index contributed by atoms with van der Waals surface area (Å²) in [6, 6.07) is 6.64. The highest BCUT2D eigenvalue weighted by Crippen LogP contribution is 2.13. The van der Waals surface area contributed by atoms with Crippen LogP contribution in [0.4, 0.5) is 0 Å². The third kappa shape index (κ3) is 3.36. The smallest absolute Gasteiger partial charge is 0.252 e. The van der Waals surface area contributed by atoms with Crippen LogP contribution in [0.5, 0.6) is 5.75 Å². The highest BCUT2D eigenvalue weighted by molar-refractivity contribution is 6.67. The van der Waals surface area contributed by atoms with Crippen LogP contribution in [0.1, 0.15) is 10.4 Å². The van der Waals surface area contributed by atoms with Crippen molar-refractivity contribution < 1.29 is 14.3 Å². The van der Waals surface area contributed by atoms with Gasteiger partial charge in [0.25, 0.3) is 5.24 Å². The molecule has 1 aromatic carbocycles. The second-order valence-electron chi connectivity index (χ2n) is 2.64. The Morgan fingerprint density at radius 3 is 2.43 bits per heavy atom. The van der Waals surface area contributed by atoms with Crippen LogP contribution in [0.15, 0.2) is 24.3 Å². The van der Waals surface area contributed by atoms with E-state index in [4.69, 9.17) is 21.1 Å². The number of benzene rings is 1. The molecule has 0 spiro atoms. The summed E-state index contributed by atoms with van der Waals surface area (Å²) >= 11 is 5.28. The minimum Gasteiger partial charge on any atom is -0.491 e. The Balaban J connectivity index is 2.51. The van der Waals surface area contributed by atoms with Crippen LogP contribution in [0, 0.1) is 0 Å². The number of carbonyl (C=O) groups excluding carboxylic acids is 1. The van der Waals surface area contributed by atoms with Gasteiger partial charge in [-0.05, 0) is 35.9 Å². The largest absolute Gasteiger partial charge is 0.491 e. The van der Waals surface area contributed by atoms with E-state index in [2.05, 4.69) is 0 Å². The monoisotopic (exact) mass is 214 g/mol. The minimum absolute atomic E-state index is 0.464. The van der Waals surface area contributed by atoms with E-state index in [9.17, 15) is 4.79 Å². The Morgan fingerprint density at radius 2 is 1.93 bits per heavy atom. The topological polar surface area (TPSA) is 35.5 Å². The van der Waals surface area contributed by atoms with Gasteiger partial charge in [-0.2, -0.15) is 0 Å². The zero-order chi connectivity index (χ0) is 10.4. The van der Waals surface area contributed by atoms with Crippen molar-refractivity contribution in [2.45, 2.75) is 0 Å². The fourth-order valence-electron chi connectivity index (χ4n) is 0.925. The molecular weight excluding hydrogens is 204 g/mol. The lowest BCUT2D eigenvalue weighted by atomic mass is 10.2. The maximum atomic E-state index is 10.7. The van der Waals surface area contributed by atoms with Gasteiger partial charge in [0.15, 0.2) is 0 Å². The summed E-state index contributed by atoms with van der Waals surface area (Å²) < 4.78 is 10.1. The number of halogens is 1. The van der Waals surface area contributed by atoms with Crippen molar-refractivity contribution in [1.82, 2.24) is 0 Å². The Kier molecular flexibility index (Phi) is 4.43. The van der Waals surface area contributed by atoms with Crippen molar-refractivity contribution in [3.63, 3.8) is 0 Å². The van der Waals surface area contributed by atoms with E-state index >= 15 is 0 Å². The normalized spacial score (nSPS) is 9.86. The van der Waals surface area contributed by atoms with Gasteiger partial charge in [-0.3, -0.25) is 4.79 Å². The molecule has 0 amide bonds. The standard InChI is InChI=1S/C10H11ClO3/c1-13-6-7-14-9-4-2-8(3-5-9)10(11)12/h2-5H,6-7H2,1H3. The highest BCUT2D eigenvalue weighted by atomic mass is 35.5. The first-order valence-corrected chi connectivity index (χ1v) is 4.53. The molecule has 1 rings (SSSR count). The highest BCUT2D eigenvalue weighted by Gasteiger charge is 2.00. The molecular formula is C10H11ClO3. The lowest BCUT2D eigenvalue weighted by Gasteiger charge is -2.04. The Bertz CT molecular complexity index is 295. The zero-order valence-electron chi connectivity index (χ0n) is 7.83. The summed E-state index contributed by atoms with van der Waals surface area (Å²) in [5.74, 6) is 0.698. The molecule has 0 bridgehead atoms. The SMILES string of the molecule is COCCOc1ccc(C(=O)Cl)cc1. The first kappa shape index (κ1) is 11.0. The molecule has 3 nitrogen and oxygen atoms in total. The van der Waals surface area contributed by atoms with E-state index in [1.807, 2.05) is 0 Å². The van der Waals surface area contributed by atoms with E-state index in [0.29, 0.717) is 24.5 Å². The average molecular weight is 215 g/mol. The number of hydrogen-bond donors (Lipinski definition) is 0. The molecule has 0 radical (unpaired) electrons. The van der Waals surface area contributed by atoms with Gasteiger partial charge >= 0.3 is 0 Å². The van der Waals surface area contributed by atoms with Crippen molar-refractivity contribution >= 4 is 16.8 Å². The summed E-state index contributed by atoms with van der Waals surface area (Å²) in [5, 5.41) is -0.464. The third-order valence-corrected chi connectivity index (χ3v) is 1.86. The van der Waals surface area contributed by atoms with Gasteiger partial charge in [0, 0.05) is 12.7 Å². The molecule has 76 valence electrons. The summed E-state index contributed by atoms with van der Waals surface area (Å²) in [6.45, 7) is 1.03. The molecule has 14 heavy (non-hydrogen) atoms. The second-order valence-corrected chi connectivity index (χ2v) is 2.98. The molecule has 1 aromatic rings. The fraction of sp³-hybridized carbons (Fsp3) is 0.300. The summed E-state index contributed by atoms with van der Waals surface area (Å²) in [7, 11) is 1.61. The van der Waals surface area contributed by atoms with Crippen LogP contribution >= 0.6 is 11.6 Å². The Hall–Kier alpha value is -1.06. The molecule has 0 fully saturated rings. The van der Waals surface area contributed by atoms with E-state index in [0.717, 1.165) is 0 Å². The number of carbonyl (C=O) groups is 1. The zero-order valence-corrected chi connectivity index (χ0v) is 8.58. The van der Waals surface area contributed by atoms with Crippen LogP contribution < -0.4 is 4.74 Å². The number of rotatable bonds is 5. The predicted octanol–water partition coefficient (Wildman–Crippen LogP) is 2.09. The molecule has 0 saturated carbocycles. The molecule has 0 aliphatic heterocycles. The summed E-state index contributed by atoms with van der Waals surface area (Å²) in [5.41, 5.74) is 0.464. The number of hydrogen-bond acceptors (Lipinski definition) is 3. The van der Waals surface area contributed by atoms with Gasteiger partial charge in [-0.1, -0.05) is 0 Å². The van der Waals surface area contributed by atoms with Crippen LogP contribution in [-0.2, 0) is 4.74 Å². The summed E-state index contributed by atoms with van der Waals surface area (Å²) in [6.07, 6.45) is 0. The maximum Gasteiger partial charge on any atom is 0.252 e. The van der Waals surface area contributed by atoms with Gasteiger partial charge in [0.1, 0.15) is 12.4 Å². The van der Waals surface area contributed by atoms with E-state index in [1.165, 1.54) is 0 Å². The van der Waals surface area contributed by atoms with Crippen LogP contribution in [0.25, 0.3) is 0 Å². The first-order chi connectivity index (χ1) is 6.74. The van der Waals surface area contributed by atoms with Crippen molar-refractivity contribution in [2.24, 2.45) is 0 Å². The number of ether oxygens (including phenoxy) is 2. The van der Waals surface area contributed by atoms with Crippen LogP contribution in [0.3, 0.4) is 0 Å². The van der Waals surface area contributed by atoms with Gasteiger partial charge in [0.2, 0.25) is 0 Å². The molecule has 4 heteroatoms. The quantitative estimate of drug-likeness (QED) is 0.556. The molecule has 0 aliphatic carbocycles. The molecule has 0 atom stereocenters. The predicted molar refractivity (Wildman–Crippen MR) is 54.0 cm³/mol. The molecule has 0 saturated heterocycles. The molecule has 0 N–H and O–H groups in total. The lowest BCUT2D eigenvalue weighted by Crippen LogP contribution is -2.04.